The Morgan fingerprint density at radius 1 is 0.457 bits per heavy atom. The number of alkyl halides is 6. The zero-order chi connectivity index (χ0) is 60.1. The highest BCUT2D eigenvalue weighted by Gasteiger charge is 2.57. The topological polar surface area (TPSA) is 119 Å². The molecule has 6 unspecified atom stereocenters. The summed E-state index contributed by atoms with van der Waals surface area (Å²) in [5.74, 6) is -8.54. The number of rotatable bonds is 50. The van der Waals surface area contributed by atoms with E-state index < -0.39 is 91.0 Å². The van der Waals surface area contributed by atoms with Crippen LogP contribution in [0.4, 0.5) is 26.3 Å². The lowest BCUT2D eigenvalue weighted by atomic mass is 9.49. The molecule has 0 aromatic heterocycles. The molecule has 0 radical (unpaired) electrons. The van der Waals surface area contributed by atoms with Crippen molar-refractivity contribution in [1.29, 1.82) is 0 Å². The Balaban J connectivity index is 2.39. The maximum absolute atomic E-state index is 15.1. The summed E-state index contributed by atoms with van der Waals surface area (Å²) < 4.78 is 132. The number of carbonyl (C=O) groups is 3. The van der Waals surface area contributed by atoms with Crippen molar-refractivity contribution >= 4 is 17.9 Å². The molecule has 11 nitrogen and oxygen atoms in total. The van der Waals surface area contributed by atoms with Crippen LogP contribution in [0.3, 0.4) is 0 Å². The van der Waals surface area contributed by atoms with E-state index in [2.05, 4.69) is 46.4 Å². The van der Waals surface area contributed by atoms with E-state index in [9.17, 15) is 27.6 Å². The monoisotopic (exact) mass is 1170 g/mol. The van der Waals surface area contributed by atoms with E-state index in [0.717, 1.165) is 148 Å². The van der Waals surface area contributed by atoms with Gasteiger partial charge in [-0.3, -0.25) is 14.4 Å². The van der Waals surface area contributed by atoms with Gasteiger partial charge in [0.05, 0.1) is 19.8 Å². The Bertz CT molecular complexity index is 1600. The predicted octanol–water partition coefficient (Wildman–Crippen LogP) is 17.6. The van der Waals surface area contributed by atoms with E-state index in [4.69, 9.17) is 33.2 Å². The molecule has 0 saturated heterocycles. The Morgan fingerprint density at radius 3 is 1.14 bits per heavy atom. The van der Waals surface area contributed by atoms with Crippen LogP contribution in [0.15, 0.2) is 0 Å². The Hall–Kier alpha value is -2.21. The van der Waals surface area contributed by atoms with Crippen LogP contribution in [-0.2, 0) is 47.5 Å². The number of carbonyl (C=O) groups excluding carboxylic acids is 3. The molecule has 0 heterocycles. The molecular weight excluding hydrogens is 1060 g/mol. The van der Waals surface area contributed by atoms with Crippen molar-refractivity contribution < 1.29 is 73.9 Å². The molecule has 17 heteroatoms. The molecular formula is C64H115F6NO10. The zero-order valence-electron chi connectivity index (χ0n) is 52.1. The van der Waals surface area contributed by atoms with Gasteiger partial charge in [-0.25, -0.2) is 0 Å². The summed E-state index contributed by atoms with van der Waals surface area (Å²) in [6.45, 7) is 18.8. The Labute approximate surface area is 487 Å². The maximum Gasteiger partial charge on any atom is 0.402 e. The minimum absolute atomic E-state index is 0.0318. The molecule has 2 aliphatic carbocycles. The molecule has 2 bridgehead atoms. The second kappa shape index (κ2) is 41.8. The summed E-state index contributed by atoms with van der Waals surface area (Å²) in [6, 6.07) is 0. The van der Waals surface area contributed by atoms with Crippen LogP contribution in [0.1, 0.15) is 267 Å². The maximum atomic E-state index is 15.1. The average molecular weight is 1170 g/mol. The van der Waals surface area contributed by atoms with Gasteiger partial charge in [0.2, 0.25) is 0 Å². The fourth-order valence-electron chi connectivity index (χ4n) is 12.6. The number of fused-ring (bicyclic) bond motifs is 2. The summed E-state index contributed by atoms with van der Waals surface area (Å²) in [5.41, 5.74) is -2.62. The van der Waals surface area contributed by atoms with Crippen molar-refractivity contribution in [2.45, 2.75) is 292 Å². The van der Waals surface area contributed by atoms with Crippen molar-refractivity contribution in [2.24, 2.45) is 34.0 Å². The summed E-state index contributed by atoms with van der Waals surface area (Å²) in [4.78, 5) is 43.2. The zero-order valence-corrected chi connectivity index (χ0v) is 52.1. The molecule has 2 rings (SSSR count). The van der Waals surface area contributed by atoms with Gasteiger partial charge < -0.3 is 38.1 Å². The minimum Gasteiger partial charge on any atom is -0.465 e. The van der Waals surface area contributed by atoms with Crippen LogP contribution < -0.4 is 0 Å². The van der Waals surface area contributed by atoms with Crippen molar-refractivity contribution in [3.05, 3.63) is 0 Å². The number of nitrogens with zero attached hydrogens (tertiary/aromatic N) is 1. The molecule has 0 aliphatic heterocycles. The van der Waals surface area contributed by atoms with E-state index in [-0.39, 0.29) is 64.2 Å². The molecule has 0 aromatic rings. The van der Waals surface area contributed by atoms with Gasteiger partial charge in [0.25, 0.3) is 0 Å². The minimum atomic E-state index is -5.00. The third-order valence-corrected chi connectivity index (χ3v) is 16.7. The lowest BCUT2D eigenvalue weighted by Crippen LogP contribution is -2.52. The summed E-state index contributed by atoms with van der Waals surface area (Å²) in [5, 5.41) is 0. The number of hydrogen-bond donors (Lipinski definition) is 0. The molecule has 81 heavy (non-hydrogen) atoms. The van der Waals surface area contributed by atoms with E-state index >= 15 is 13.2 Å². The van der Waals surface area contributed by atoms with Crippen LogP contribution >= 0.6 is 0 Å². The van der Waals surface area contributed by atoms with Crippen LogP contribution in [-0.4, -0.2) is 114 Å². The number of ether oxygens (including phenoxy) is 7. The fraction of sp³-hybridized carbons (Fsp3) is 0.953. The van der Waals surface area contributed by atoms with Gasteiger partial charge in [0, 0.05) is 61.9 Å². The molecule has 2 fully saturated rings. The van der Waals surface area contributed by atoms with E-state index in [1.54, 1.807) is 0 Å². The first-order valence-electron chi connectivity index (χ1n) is 32.4. The average Bonchev–Trinajstić information content (AvgIpc) is 3.60. The molecule has 0 amide bonds. The molecule has 2 aliphatic rings. The first-order chi connectivity index (χ1) is 38.6. The lowest BCUT2D eigenvalue weighted by molar-refractivity contribution is -0.226. The highest BCUT2D eigenvalue weighted by atomic mass is 19.4. The third-order valence-electron chi connectivity index (χ3n) is 16.7. The largest absolute Gasteiger partial charge is 0.465 e. The molecule has 2 saturated carbocycles. The lowest BCUT2D eigenvalue weighted by Gasteiger charge is -2.57. The normalized spacial score (nSPS) is 21.2. The SMILES string of the molecule is CCCCCCCCOC(CC(C(=O)OCC1(C)CC2CC(C)(COC(=O)CCCN(CC)CC)CC(COC(=O)C(CC(OCCCCCCCC)OCCCCCCCC)C(F)(F)F)(C2)C1)C(F)(F)F)OCCCCCCCC. The molecule has 478 valence electrons. The molecule has 6 atom stereocenters. The van der Waals surface area contributed by atoms with Crippen LogP contribution in [0.2, 0.25) is 0 Å². The van der Waals surface area contributed by atoms with E-state index in [1.165, 1.54) is 0 Å². The summed E-state index contributed by atoms with van der Waals surface area (Å²) >= 11 is 0. The van der Waals surface area contributed by atoms with Crippen molar-refractivity contribution in [3.8, 4) is 0 Å². The third kappa shape index (κ3) is 32.8. The van der Waals surface area contributed by atoms with Gasteiger partial charge in [-0.15, -0.1) is 0 Å². The number of esters is 3. The Morgan fingerprint density at radius 2 is 0.790 bits per heavy atom. The quantitative estimate of drug-likeness (QED) is 0.0190. The number of halogens is 6. The number of hydrogen-bond acceptors (Lipinski definition) is 11. The highest BCUT2D eigenvalue weighted by Crippen LogP contribution is 2.61. The van der Waals surface area contributed by atoms with Crippen LogP contribution in [0.5, 0.6) is 0 Å². The smallest absolute Gasteiger partial charge is 0.402 e. The van der Waals surface area contributed by atoms with Crippen molar-refractivity contribution in [1.82, 2.24) is 4.90 Å². The highest BCUT2D eigenvalue weighted by molar-refractivity contribution is 5.74. The molecule has 0 aromatic carbocycles. The van der Waals surface area contributed by atoms with E-state index in [1.807, 2.05) is 13.8 Å². The van der Waals surface area contributed by atoms with Gasteiger partial charge in [0.1, 0.15) is 0 Å². The number of unbranched alkanes of at least 4 members (excludes halogenated alkanes) is 20. The van der Waals surface area contributed by atoms with E-state index in [0.29, 0.717) is 51.4 Å². The van der Waals surface area contributed by atoms with Crippen molar-refractivity contribution in [2.75, 3.05) is 65.9 Å². The van der Waals surface area contributed by atoms with Gasteiger partial charge in [0.15, 0.2) is 24.4 Å². The fourth-order valence-corrected chi connectivity index (χ4v) is 12.6. The molecule has 0 N–H and O–H groups in total. The molecule has 0 spiro atoms. The Kier molecular flexibility index (Phi) is 38.6. The second-order valence-corrected chi connectivity index (χ2v) is 25.0. The summed E-state index contributed by atoms with van der Waals surface area (Å²) in [6.07, 6.45) is 11.6. The van der Waals surface area contributed by atoms with Crippen LogP contribution in [0.25, 0.3) is 0 Å². The van der Waals surface area contributed by atoms with Gasteiger partial charge in [-0.05, 0) is 89.8 Å². The van der Waals surface area contributed by atoms with Crippen LogP contribution in [0, 0.1) is 34.0 Å². The predicted molar refractivity (Wildman–Crippen MR) is 308 cm³/mol. The van der Waals surface area contributed by atoms with Gasteiger partial charge in [-0.1, -0.05) is 184 Å². The standard InChI is InChI=1S/C64H115F6NO10/c1-9-15-19-23-27-31-38-75-56(76-39-32-28-24-20-16-10-2)42-53(63(65,66)67)58(73)80-50-61(8)45-52-44-60(7,49-79-55(72)36-35-37-71(13-5)14-6)47-62(46-52,48-61)51-81-59(74)54(64(68,69)70)43-57(77-40-33-29-25-21-17-11-3)78-41-34-30-26-22-18-12-4/h52-54,56-57H,9-51H2,1-8H3. The first kappa shape index (κ1) is 74.9. The second-order valence-electron chi connectivity index (χ2n) is 25.0. The summed E-state index contributed by atoms with van der Waals surface area (Å²) in [7, 11) is 0. The van der Waals surface area contributed by atoms with Gasteiger partial charge >= 0.3 is 30.3 Å². The van der Waals surface area contributed by atoms with Crippen molar-refractivity contribution in [3.63, 3.8) is 0 Å². The van der Waals surface area contributed by atoms with Gasteiger partial charge in [-0.2, -0.15) is 26.3 Å². The first-order valence-corrected chi connectivity index (χ1v) is 32.4.